The molecule has 0 fully saturated rings. The Labute approximate surface area is 189 Å². The summed E-state index contributed by atoms with van der Waals surface area (Å²) in [6.45, 7) is 0.429. The molecule has 0 aliphatic carbocycles. The first-order valence-electron chi connectivity index (χ1n) is 10.5. The third-order valence-corrected chi connectivity index (χ3v) is 5.25. The maximum atomic E-state index is 14.9. The second kappa shape index (κ2) is 10.2. The largest absolute Gasteiger partial charge is 0.396 e. The van der Waals surface area contributed by atoms with Crippen LogP contribution in [-0.2, 0) is 0 Å². The van der Waals surface area contributed by atoms with Crippen molar-refractivity contribution in [3.05, 3.63) is 78.0 Å². The van der Waals surface area contributed by atoms with Gasteiger partial charge >= 0.3 is 0 Å². The monoisotopic (exact) mass is 451 g/mol. The minimum atomic E-state index is -0.584. The molecule has 4 rings (SSSR count). The smallest absolute Gasteiger partial charge is 0.252 e. The quantitative estimate of drug-likeness (QED) is 0.422. The Kier molecular flexibility index (Phi) is 6.89. The molecule has 1 atom stereocenters. The van der Waals surface area contributed by atoms with Gasteiger partial charge in [-0.15, -0.1) is 0 Å². The van der Waals surface area contributed by atoms with Crippen LogP contribution in [0.25, 0.3) is 22.5 Å². The number of halogens is 2. The van der Waals surface area contributed by atoms with Crippen LogP contribution in [0.2, 0.25) is 0 Å². The van der Waals surface area contributed by atoms with Gasteiger partial charge in [0.2, 0.25) is 0 Å². The van der Waals surface area contributed by atoms with E-state index in [1.165, 1.54) is 30.3 Å². The zero-order valence-electron chi connectivity index (χ0n) is 17.7. The summed E-state index contributed by atoms with van der Waals surface area (Å²) in [5.74, 6) is -0.731. The van der Waals surface area contributed by atoms with E-state index in [4.69, 9.17) is 0 Å². The van der Waals surface area contributed by atoms with Gasteiger partial charge in [-0.05, 0) is 61.2 Å². The van der Waals surface area contributed by atoms with Gasteiger partial charge in [-0.1, -0.05) is 6.07 Å². The molecule has 0 saturated carbocycles. The van der Waals surface area contributed by atoms with E-state index in [2.05, 4.69) is 25.8 Å². The topological polar surface area (TPSA) is 102 Å². The number of aliphatic hydroxyl groups is 1. The summed E-state index contributed by atoms with van der Waals surface area (Å²) in [4.78, 5) is 17.5. The Morgan fingerprint density at radius 1 is 1.18 bits per heavy atom. The summed E-state index contributed by atoms with van der Waals surface area (Å²) < 4.78 is 28.1. The van der Waals surface area contributed by atoms with E-state index in [9.17, 15) is 18.7 Å². The van der Waals surface area contributed by atoms with Crippen molar-refractivity contribution in [2.75, 3.05) is 13.2 Å². The van der Waals surface area contributed by atoms with Crippen molar-refractivity contribution in [3.8, 4) is 22.5 Å². The zero-order valence-corrected chi connectivity index (χ0v) is 17.7. The molecule has 1 aliphatic heterocycles. The average Bonchev–Trinajstić information content (AvgIpc) is 3.30. The number of rotatable bonds is 8. The van der Waals surface area contributed by atoms with Crippen LogP contribution in [0, 0.1) is 11.6 Å². The molecule has 0 saturated heterocycles. The van der Waals surface area contributed by atoms with Crippen LogP contribution in [0.3, 0.4) is 0 Å². The SMILES string of the molecule is O=C(N[C@@H](CCO)CC1=NCC=CN1)c1cccc(F)c1-c1cc(-c2ccc(F)cc2)n[nH]1. The second-order valence-electron chi connectivity index (χ2n) is 7.56. The molecule has 7 nitrogen and oxygen atoms in total. The average molecular weight is 451 g/mol. The highest BCUT2D eigenvalue weighted by Crippen LogP contribution is 2.29. The van der Waals surface area contributed by atoms with E-state index in [0.29, 0.717) is 42.2 Å². The highest BCUT2D eigenvalue weighted by Gasteiger charge is 2.22. The van der Waals surface area contributed by atoms with Crippen molar-refractivity contribution < 1.29 is 18.7 Å². The minimum absolute atomic E-state index is 0.0784. The van der Waals surface area contributed by atoms with Gasteiger partial charge in [-0.3, -0.25) is 14.9 Å². The van der Waals surface area contributed by atoms with Crippen LogP contribution in [0.1, 0.15) is 23.2 Å². The molecule has 2 aromatic carbocycles. The number of amidine groups is 1. The highest BCUT2D eigenvalue weighted by atomic mass is 19.1. The Hall–Kier alpha value is -3.85. The van der Waals surface area contributed by atoms with Crippen molar-refractivity contribution in [1.82, 2.24) is 20.8 Å². The number of carbonyl (C=O) groups is 1. The standard InChI is InChI=1S/C24H23F2N5O2/c25-16-7-5-15(6-8-16)20-14-21(31-30-20)23-18(3-1-4-19(23)26)24(33)29-17(9-12-32)13-22-27-10-2-11-28-22/h1-8,10,14,17,32H,9,11-13H2,(H,27,28)(H,29,33)(H,30,31)/t17-/m0/s1. The lowest BCUT2D eigenvalue weighted by Crippen LogP contribution is -2.39. The predicted octanol–water partition coefficient (Wildman–Crippen LogP) is 3.41. The zero-order chi connectivity index (χ0) is 23.2. The fourth-order valence-electron chi connectivity index (χ4n) is 3.62. The van der Waals surface area contributed by atoms with Gasteiger partial charge in [0.05, 0.1) is 23.5 Å². The number of aromatic amines is 1. The maximum Gasteiger partial charge on any atom is 0.252 e. The summed E-state index contributed by atoms with van der Waals surface area (Å²) in [5.41, 5.74) is 1.67. The third-order valence-electron chi connectivity index (χ3n) is 5.25. The van der Waals surface area contributed by atoms with Crippen LogP contribution in [0.4, 0.5) is 8.78 Å². The predicted molar refractivity (Wildman–Crippen MR) is 122 cm³/mol. The van der Waals surface area contributed by atoms with Crippen LogP contribution in [0.5, 0.6) is 0 Å². The summed E-state index contributed by atoms with van der Waals surface area (Å²) >= 11 is 0. The van der Waals surface area contributed by atoms with Crippen molar-refractivity contribution in [1.29, 1.82) is 0 Å². The Bertz CT molecular complexity index is 1190. The number of aromatic nitrogens is 2. The molecule has 0 unspecified atom stereocenters. The lowest BCUT2D eigenvalue weighted by atomic mass is 10.0. The van der Waals surface area contributed by atoms with Crippen molar-refractivity contribution >= 4 is 11.7 Å². The summed E-state index contributed by atoms with van der Waals surface area (Å²) in [7, 11) is 0. The minimum Gasteiger partial charge on any atom is -0.396 e. The molecule has 9 heteroatoms. The molecule has 1 aliphatic rings. The fraction of sp³-hybridized carbons (Fsp3) is 0.208. The van der Waals surface area contributed by atoms with Crippen molar-refractivity contribution in [2.24, 2.45) is 4.99 Å². The van der Waals surface area contributed by atoms with Gasteiger partial charge in [0.1, 0.15) is 17.5 Å². The molecule has 170 valence electrons. The molecule has 4 N–H and O–H groups in total. The number of hydrogen-bond donors (Lipinski definition) is 4. The van der Waals surface area contributed by atoms with E-state index in [0.717, 1.165) is 0 Å². The lowest BCUT2D eigenvalue weighted by Gasteiger charge is -2.20. The molecular formula is C24H23F2N5O2. The maximum absolute atomic E-state index is 14.9. The van der Waals surface area contributed by atoms with E-state index >= 15 is 0 Å². The number of carbonyl (C=O) groups excluding carboxylic acids is 1. The van der Waals surface area contributed by atoms with E-state index in [1.807, 2.05) is 6.08 Å². The molecule has 0 bridgehead atoms. The highest BCUT2D eigenvalue weighted by molar-refractivity contribution is 6.01. The van der Waals surface area contributed by atoms with Gasteiger partial charge in [0.15, 0.2) is 0 Å². The van der Waals surface area contributed by atoms with E-state index < -0.39 is 17.8 Å². The first kappa shape index (κ1) is 22.3. The van der Waals surface area contributed by atoms with Gasteiger partial charge in [-0.2, -0.15) is 5.10 Å². The number of amides is 1. The number of hydrogen-bond acceptors (Lipinski definition) is 5. The molecule has 1 amide bonds. The Morgan fingerprint density at radius 3 is 2.73 bits per heavy atom. The number of aliphatic hydroxyl groups excluding tert-OH is 1. The van der Waals surface area contributed by atoms with Gasteiger partial charge in [0, 0.05) is 30.2 Å². The Balaban J connectivity index is 1.59. The summed E-state index contributed by atoms with van der Waals surface area (Å²) in [6, 6.07) is 11.2. The molecule has 3 aromatic rings. The number of benzene rings is 2. The molecule has 1 aromatic heterocycles. The second-order valence-corrected chi connectivity index (χ2v) is 7.56. The van der Waals surface area contributed by atoms with Crippen LogP contribution < -0.4 is 10.6 Å². The van der Waals surface area contributed by atoms with Crippen LogP contribution >= 0.6 is 0 Å². The lowest BCUT2D eigenvalue weighted by molar-refractivity contribution is 0.0932. The summed E-state index contributed by atoms with van der Waals surface area (Å²) in [5, 5.41) is 22.3. The summed E-state index contributed by atoms with van der Waals surface area (Å²) in [6.07, 6.45) is 4.37. The molecule has 0 radical (unpaired) electrons. The number of aliphatic imine (C=N–C) groups is 1. The normalized spacial score (nSPS) is 13.8. The Morgan fingerprint density at radius 2 is 2.00 bits per heavy atom. The van der Waals surface area contributed by atoms with Crippen LogP contribution in [0.15, 0.2) is 65.8 Å². The first-order chi connectivity index (χ1) is 16.0. The van der Waals surface area contributed by atoms with Crippen molar-refractivity contribution in [2.45, 2.75) is 18.9 Å². The van der Waals surface area contributed by atoms with Crippen molar-refractivity contribution in [3.63, 3.8) is 0 Å². The fourth-order valence-corrected chi connectivity index (χ4v) is 3.62. The molecule has 0 spiro atoms. The van der Waals surface area contributed by atoms with Gasteiger partial charge in [-0.25, -0.2) is 8.78 Å². The molecule has 2 heterocycles. The molecule has 33 heavy (non-hydrogen) atoms. The first-order valence-corrected chi connectivity index (χ1v) is 10.5. The van der Waals surface area contributed by atoms with E-state index in [-0.39, 0.29) is 23.6 Å². The number of nitrogens with one attached hydrogen (secondary N) is 3. The molecular weight excluding hydrogens is 428 g/mol. The van der Waals surface area contributed by atoms with Gasteiger partial charge < -0.3 is 15.7 Å². The number of nitrogens with zero attached hydrogens (tertiary/aromatic N) is 2. The van der Waals surface area contributed by atoms with Gasteiger partial charge in [0.25, 0.3) is 5.91 Å². The van der Waals surface area contributed by atoms with E-state index in [1.54, 1.807) is 24.4 Å². The third kappa shape index (κ3) is 5.32. The number of H-pyrrole nitrogens is 1. The van der Waals surface area contributed by atoms with Crippen LogP contribution in [-0.4, -0.2) is 46.2 Å².